The Morgan fingerprint density at radius 2 is 1.65 bits per heavy atom. The van der Waals surface area contributed by atoms with Gasteiger partial charge in [-0.3, -0.25) is 14.5 Å². The summed E-state index contributed by atoms with van der Waals surface area (Å²) in [6.45, 7) is 2.31. The molecule has 114 valence electrons. The molecule has 0 radical (unpaired) electrons. The Balaban J connectivity index is 1.61. The highest BCUT2D eigenvalue weighted by Crippen LogP contribution is 2.25. The lowest BCUT2D eigenvalue weighted by molar-refractivity contribution is 0.0646. The second-order valence-corrected chi connectivity index (χ2v) is 5.80. The third kappa shape index (κ3) is 2.12. The average Bonchev–Trinajstić information content (AvgIpc) is 3.11. The quantitative estimate of drug-likeness (QED) is 0.699. The molecule has 0 bridgehead atoms. The number of imidazole rings is 1. The first-order chi connectivity index (χ1) is 11.1. The van der Waals surface area contributed by atoms with Crippen LogP contribution in [0.3, 0.4) is 0 Å². The number of aromatic nitrogens is 2. The van der Waals surface area contributed by atoms with Crippen molar-refractivity contribution in [1.82, 2.24) is 14.3 Å². The molecule has 1 atom stereocenters. The van der Waals surface area contributed by atoms with E-state index in [2.05, 4.69) is 4.98 Å². The van der Waals surface area contributed by atoms with Crippen LogP contribution in [0.15, 0.2) is 54.9 Å². The Hall–Kier alpha value is -2.95. The zero-order valence-corrected chi connectivity index (χ0v) is 12.6. The molecule has 0 aliphatic carbocycles. The normalized spacial score (nSPS) is 15.3. The average molecular weight is 305 g/mol. The fraction of sp³-hybridized carbons (Fsp3) is 0.167. The second-order valence-electron chi connectivity index (χ2n) is 5.80. The van der Waals surface area contributed by atoms with E-state index >= 15 is 0 Å². The van der Waals surface area contributed by atoms with Gasteiger partial charge in [-0.2, -0.15) is 0 Å². The molecule has 4 rings (SSSR count). The Labute approximate surface area is 133 Å². The summed E-state index contributed by atoms with van der Waals surface area (Å²) < 4.78 is 1.94. The van der Waals surface area contributed by atoms with E-state index in [4.69, 9.17) is 0 Å². The molecule has 1 aliphatic heterocycles. The van der Waals surface area contributed by atoms with Crippen LogP contribution in [0.25, 0.3) is 5.65 Å². The molecule has 5 nitrogen and oxygen atoms in total. The summed E-state index contributed by atoms with van der Waals surface area (Å²) in [7, 11) is 0. The van der Waals surface area contributed by atoms with Crippen LogP contribution in [-0.2, 0) is 0 Å². The van der Waals surface area contributed by atoms with Gasteiger partial charge in [0.15, 0.2) is 0 Å². The molecule has 0 fully saturated rings. The van der Waals surface area contributed by atoms with Gasteiger partial charge in [-0.25, -0.2) is 4.98 Å². The highest BCUT2D eigenvalue weighted by Gasteiger charge is 2.36. The zero-order chi connectivity index (χ0) is 16.0. The summed E-state index contributed by atoms with van der Waals surface area (Å²) in [5, 5.41) is 0. The van der Waals surface area contributed by atoms with Crippen molar-refractivity contribution < 1.29 is 9.59 Å². The second kappa shape index (κ2) is 5.05. The summed E-state index contributed by atoms with van der Waals surface area (Å²) in [6, 6.07) is 12.8. The molecule has 1 aromatic carbocycles. The predicted octanol–water partition coefficient (Wildman–Crippen LogP) is 2.73. The van der Waals surface area contributed by atoms with Crippen molar-refractivity contribution in [3.05, 3.63) is 71.7 Å². The number of carbonyl (C=O) groups excluding carboxylic acids is 2. The summed E-state index contributed by atoms with van der Waals surface area (Å²) in [6.07, 6.45) is 3.87. The topological polar surface area (TPSA) is 54.7 Å². The van der Waals surface area contributed by atoms with E-state index in [0.717, 1.165) is 11.3 Å². The first-order valence-electron chi connectivity index (χ1n) is 7.54. The van der Waals surface area contributed by atoms with Gasteiger partial charge in [0.25, 0.3) is 11.8 Å². The van der Waals surface area contributed by atoms with E-state index in [1.165, 1.54) is 4.90 Å². The number of nitrogens with zero attached hydrogens (tertiary/aromatic N) is 3. The molecule has 0 saturated heterocycles. The lowest BCUT2D eigenvalue weighted by Crippen LogP contribution is -2.33. The van der Waals surface area contributed by atoms with Gasteiger partial charge < -0.3 is 4.40 Å². The number of carbonyl (C=O) groups is 2. The third-order valence-corrected chi connectivity index (χ3v) is 4.22. The number of hydrogen-bond acceptors (Lipinski definition) is 3. The van der Waals surface area contributed by atoms with Crippen molar-refractivity contribution in [2.24, 2.45) is 0 Å². The third-order valence-electron chi connectivity index (χ3n) is 4.22. The molecule has 2 amide bonds. The smallest absolute Gasteiger partial charge is 0.261 e. The molecule has 1 aliphatic rings. The van der Waals surface area contributed by atoms with Crippen molar-refractivity contribution >= 4 is 17.5 Å². The maximum Gasteiger partial charge on any atom is 0.261 e. The van der Waals surface area contributed by atoms with E-state index in [1.807, 2.05) is 41.9 Å². The minimum Gasteiger partial charge on any atom is -0.307 e. The molecule has 0 spiro atoms. The van der Waals surface area contributed by atoms with Crippen molar-refractivity contribution in [2.75, 3.05) is 6.54 Å². The summed E-state index contributed by atoms with van der Waals surface area (Å²) in [5.41, 5.74) is 2.70. The number of pyridine rings is 1. The SMILES string of the molecule is CC(CN1C(=O)c2ccccc2C1=O)c1cn2ccccc2n1. The Kier molecular flexibility index (Phi) is 3.01. The van der Waals surface area contributed by atoms with Crippen molar-refractivity contribution in [1.29, 1.82) is 0 Å². The van der Waals surface area contributed by atoms with Crippen LogP contribution in [0.4, 0.5) is 0 Å². The molecule has 23 heavy (non-hydrogen) atoms. The monoisotopic (exact) mass is 305 g/mol. The predicted molar refractivity (Wildman–Crippen MR) is 85.4 cm³/mol. The number of benzene rings is 1. The molecule has 0 saturated carbocycles. The molecule has 2 aromatic heterocycles. The van der Waals surface area contributed by atoms with Crippen molar-refractivity contribution in [3.8, 4) is 0 Å². The molecule has 3 heterocycles. The van der Waals surface area contributed by atoms with Crippen LogP contribution in [0.1, 0.15) is 39.3 Å². The summed E-state index contributed by atoms with van der Waals surface area (Å²) in [4.78, 5) is 30.7. The van der Waals surface area contributed by atoms with Gasteiger partial charge in [0.2, 0.25) is 0 Å². The van der Waals surface area contributed by atoms with E-state index in [0.29, 0.717) is 17.7 Å². The minimum absolute atomic E-state index is 0.0305. The van der Waals surface area contributed by atoms with Crippen LogP contribution in [0, 0.1) is 0 Å². The first-order valence-corrected chi connectivity index (χ1v) is 7.54. The van der Waals surface area contributed by atoms with Gasteiger partial charge in [-0.05, 0) is 24.3 Å². The van der Waals surface area contributed by atoms with Crippen molar-refractivity contribution in [2.45, 2.75) is 12.8 Å². The molecule has 5 heteroatoms. The fourth-order valence-corrected chi connectivity index (χ4v) is 2.96. The lowest BCUT2D eigenvalue weighted by atomic mass is 10.1. The highest BCUT2D eigenvalue weighted by atomic mass is 16.2. The molecular weight excluding hydrogens is 290 g/mol. The summed E-state index contributed by atoms with van der Waals surface area (Å²) in [5.74, 6) is -0.473. The Morgan fingerprint density at radius 3 is 2.30 bits per heavy atom. The number of fused-ring (bicyclic) bond motifs is 2. The van der Waals surface area contributed by atoms with E-state index in [-0.39, 0.29) is 17.7 Å². The largest absolute Gasteiger partial charge is 0.307 e. The fourth-order valence-electron chi connectivity index (χ4n) is 2.96. The summed E-state index contributed by atoms with van der Waals surface area (Å²) >= 11 is 0. The maximum atomic E-state index is 12.4. The van der Waals surface area contributed by atoms with Gasteiger partial charge in [0, 0.05) is 24.9 Å². The lowest BCUT2D eigenvalue weighted by Gasteiger charge is -2.17. The van der Waals surface area contributed by atoms with Gasteiger partial charge in [-0.1, -0.05) is 25.1 Å². The standard InChI is InChI=1S/C18H15N3O2/c1-12(15-11-20-9-5-4-8-16(20)19-15)10-21-17(22)13-6-2-3-7-14(13)18(21)23/h2-9,11-12H,10H2,1H3. The molecule has 0 N–H and O–H groups in total. The molecule has 1 unspecified atom stereocenters. The number of amides is 2. The van der Waals surface area contributed by atoms with Gasteiger partial charge in [0.05, 0.1) is 16.8 Å². The zero-order valence-electron chi connectivity index (χ0n) is 12.6. The number of imide groups is 1. The van der Waals surface area contributed by atoms with Crippen LogP contribution in [-0.4, -0.2) is 32.6 Å². The first kappa shape index (κ1) is 13.7. The number of rotatable bonds is 3. The van der Waals surface area contributed by atoms with Crippen LogP contribution >= 0.6 is 0 Å². The van der Waals surface area contributed by atoms with E-state index < -0.39 is 0 Å². The number of hydrogen-bond donors (Lipinski definition) is 0. The van der Waals surface area contributed by atoms with Crippen LogP contribution in [0.2, 0.25) is 0 Å². The van der Waals surface area contributed by atoms with Crippen molar-refractivity contribution in [3.63, 3.8) is 0 Å². The van der Waals surface area contributed by atoms with Gasteiger partial charge >= 0.3 is 0 Å². The van der Waals surface area contributed by atoms with Crippen LogP contribution in [0.5, 0.6) is 0 Å². The molecule has 3 aromatic rings. The van der Waals surface area contributed by atoms with E-state index in [9.17, 15) is 9.59 Å². The maximum absolute atomic E-state index is 12.4. The van der Waals surface area contributed by atoms with E-state index in [1.54, 1.807) is 24.3 Å². The highest BCUT2D eigenvalue weighted by molar-refractivity contribution is 6.21. The Morgan fingerprint density at radius 1 is 1.00 bits per heavy atom. The van der Waals surface area contributed by atoms with Gasteiger partial charge in [0.1, 0.15) is 5.65 Å². The van der Waals surface area contributed by atoms with Gasteiger partial charge in [-0.15, -0.1) is 0 Å². The molecular formula is C18H15N3O2. The minimum atomic E-state index is -0.221. The van der Waals surface area contributed by atoms with Crippen LogP contribution < -0.4 is 0 Å². The Bertz CT molecular complexity index is 861.